The lowest BCUT2D eigenvalue weighted by Gasteiger charge is -2.06. The van der Waals surface area contributed by atoms with Gasteiger partial charge in [0.25, 0.3) is 5.91 Å². The molecule has 112 valence electrons. The lowest BCUT2D eigenvalue weighted by molar-refractivity contribution is 0.102. The van der Waals surface area contributed by atoms with Gasteiger partial charge in [-0.1, -0.05) is 13.0 Å². The van der Waals surface area contributed by atoms with Crippen LogP contribution in [0.15, 0.2) is 24.4 Å². The van der Waals surface area contributed by atoms with Crippen molar-refractivity contribution < 1.29 is 4.79 Å². The van der Waals surface area contributed by atoms with E-state index in [0.29, 0.717) is 5.56 Å². The summed E-state index contributed by atoms with van der Waals surface area (Å²) in [5.41, 5.74) is 4.87. The Morgan fingerprint density at radius 2 is 2.14 bits per heavy atom. The summed E-state index contributed by atoms with van der Waals surface area (Å²) in [6, 6.07) is 5.87. The van der Waals surface area contributed by atoms with Gasteiger partial charge in [-0.05, 0) is 29.7 Å². The van der Waals surface area contributed by atoms with Gasteiger partial charge >= 0.3 is 0 Å². The van der Waals surface area contributed by atoms with E-state index in [1.807, 2.05) is 38.4 Å². The van der Waals surface area contributed by atoms with Gasteiger partial charge in [-0.3, -0.25) is 9.48 Å². The molecule has 1 amide bonds. The van der Waals surface area contributed by atoms with E-state index in [4.69, 9.17) is 0 Å². The largest absolute Gasteiger partial charge is 0.319 e. The number of hydrogen-bond donors (Lipinski definition) is 2. The maximum Gasteiger partial charge on any atom is 0.255 e. The van der Waals surface area contributed by atoms with E-state index in [2.05, 4.69) is 15.7 Å². The number of aromatic nitrogens is 2. The molecule has 0 bridgehead atoms. The van der Waals surface area contributed by atoms with Gasteiger partial charge in [-0.25, -0.2) is 0 Å². The maximum absolute atomic E-state index is 12.3. The Labute approximate surface area is 130 Å². The Bertz CT molecular complexity index is 666. The van der Waals surface area contributed by atoms with E-state index in [9.17, 15) is 4.79 Å². The Morgan fingerprint density at radius 3 is 2.90 bits per heavy atom. The zero-order valence-electron chi connectivity index (χ0n) is 12.1. The van der Waals surface area contributed by atoms with Gasteiger partial charge in [-0.15, -0.1) is 12.4 Å². The van der Waals surface area contributed by atoms with E-state index in [1.165, 1.54) is 11.1 Å². The highest BCUT2D eigenvalue weighted by Crippen LogP contribution is 2.19. The molecule has 6 heteroatoms. The molecule has 2 N–H and O–H groups in total. The Balaban J connectivity index is 0.00000161. The zero-order chi connectivity index (χ0) is 14.1. The minimum Gasteiger partial charge on any atom is -0.319 e. The average molecular weight is 307 g/mol. The molecule has 1 aromatic carbocycles. The number of carbonyl (C=O) groups excluding carboxylic acids is 1. The molecule has 21 heavy (non-hydrogen) atoms. The quantitative estimate of drug-likeness (QED) is 0.914. The van der Waals surface area contributed by atoms with Crippen LogP contribution in [0.5, 0.6) is 0 Å². The van der Waals surface area contributed by atoms with Gasteiger partial charge in [0.1, 0.15) is 0 Å². The number of nitrogens with one attached hydrogen (secondary N) is 2. The summed E-state index contributed by atoms with van der Waals surface area (Å²) in [7, 11) is 1.86. The minimum atomic E-state index is -0.0811. The number of aryl methyl sites for hydroxylation is 2. The molecule has 1 aliphatic rings. The van der Waals surface area contributed by atoms with Crippen molar-refractivity contribution in [1.29, 1.82) is 0 Å². The number of benzene rings is 1. The monoisotopic (exact) mass is 306 g/mol. The zero-order valence-corrected chi connectivity index (χ0v) is 13.0. The third kappa shape index (κ3) is 3.09. The van der Waals surface area contributed by atoms with Crippen LogP contribution in [0.4, 0.5) is 5.69 Å². The summed E-state index contributed by atoms with van der Waals surface area (Å²) < 4.78 is 1.72. The Kier molecular flexibility index (Phi) is 4.65. The summed E-state index contributed by atoms with van der Waals surface area (Å²) in [5, 5.41) is 10.6. The number of rotatable bonds is 3. The van der Waals surface area contributed by atoms with Crippen molar-refractivity contribution in [2.75, 3.05) is 5.32 Å². The first kappa shape index (κ1) is 15.5. The first-order chi connectivity index (χ1) is 9.67. The van der Waals surface area contributed by atoms with E-state index < -0.39 is 0 Å². The molecule has 0 saturated heterocycles. The number of amides is 1. The molecule has 2 heterocycles. The number of hydrogen-bond acceptors (Lipinski definition) is 3. The number of anilines is 1. The molecular formula is C15H19ClN4O. The molecule has 0 saturated carbocycles. The van der Waals surface area contributed by atoms with Crippen molar-refractivity contribution >= 4 is 24.0 Å². The average Bonchev–Trinajstić information content (AvgIpc) is 3.03. The summed E-state index contributed by atoms with van der Waals surface area (Å²) in [6.07, 6.45) is 2.64. The van der Waals surface area contributed by atoms with Gasteiger partial charge in [0.05, 0.1) is 11.4 Å². The number of nitrogens with zero attached hydrogens (tertiary/aromatic N) is 2. The molecule has 1 aliphatic heterocycles. The molecule has 0 atom stereocenters. The molecule has 3 rings (SSSR count). The first-order valence-electron chi connectivity index (χ1n) is 6.83. The lowest BCUT2D eigenvalue weighted by Crippen LogP contribution is -2.13. The predicted octanol–water partition coefficient (Wildman–Crippen LogP) is 2.26. The molecule has 0 spiro atoms. The third-order valence-electron chi connectivity index (χ3n) is 3.59. The topological polar surface area (TPSA) is 59.0 Å². The van der Waals surface area contributed by atoms with Crippen molar-refractivity contribution in [2.45, 2.75) is 26.4 Å². The Hall–Kier alpha value is -1.85. The van der Waals surface area contributed by atoms with Gasteiger partial charge < -0.3 is 10.6 Å². The smallest absolute Gasteiger partial charge is 0.255 e. The third-order valence-corrected chi connectivity index (χ3v) is 3.59. The van der Waals surface area contributed by atoms with Crippen LogP contribution < -0.4 is 10.6 Å². The van der Waals surface area contributed by atoms with E-state index in [-0.39, 0.29) is 18.3 Å². The predicted molar refractivity (Wildman–Crippen MR) is 84.8 cm³/mol. The van der Waals surface area contributed by atoms with Crippen molar-refractivity contribution in [3.8, 4) is 0 Å². The van der Waals surface area contributed by atoms with Crippen LogP contribution in [0.2, 0.25) is 0 Å². The van der Waals surface area contributed by atoms with Crippen LogP contribution in [-0.4, -0.2) is 15.7 Å². The van der Waals surface area contributed by atoms with Crippen molar-refractivity contribution in [1.82, 2.24) is 15.1 Å². The van der Waals surface area contributed by atoms with E-state index in [1.54, 1.807) is 4.68 Å². The second-order valence-corrected chi connectivity index (χ2v) is 5.06. The van der Waals surface area contributed by atoms with Crippen LogP contribution in [0.25, 0.3) is 0 Å². The second-order valence-electron chi connectivity index (χ2n) is 5.06. The first-order valence-corrected chi connectivity index (χ1v) is 6.83. The summed E-state index contributed by atoms with van der Waals surface area (Å²) in [4.78, 5) is 12.3. The van der Waals surface area contributed by atoms with E-state index >= 15 is 0 Å². The molecule has 0 aliphatic carbocycles. The highest BCUT2D eigenvalue weighted by atomic mass is 35.5. The molecular weight excluding hydrogens is 288 g/mol. The molecule has 0 radical (unpaired) electrons. The normalized spacial score (nSPS) is 12.7. The SMILES string of the molecule is CCc1nn(C)cc1NC(=O)c1ccc2c(c1)CNC2.Cl. The fourth-order valence-electron chi connectivity index (χ4n) is 2.53. The lowest BCUT2D eigenvalue weighted by atomic mass is 10.1. The maximum atomic E-state index is 12.3. The van der Waals surface area contributed by atoms with Crippen LogP contribution in [-0.2, 0) is 26.6 Å². The van der Waals surface area contributed by atoms with Crippen molar-refractivity contribution in [3.63, 3.8) is 0 Å². The van der Waals surface area contributed by atoms with Crippen LogP contribution in [0, 0.1) is 0 Å². The molecule has 1 aromatic heterocycles. The van der Waals surface area contributed by atoms with Crippen LogP contribution in [0.3, 0.4) is 0 Å². The van der Waals surface area contributed by atoms with Gasteiger partial charge in [-0.2, -0.15) is 5.10 Å². The fraction of sp³-hybridized carbons (Fsp3) is 0.333. The number of halogens is 1. The van der Waals surface area contributed by atoms with Crippen LogP contribution in [0.1, 0.15) is 34.1 Å². The molecule has 2 aromatic rings. The standard InChI is InChI=1S/C15H18N4O.ClH/c1-3-13-14(9-19(2)18-13)17-15(20)10-4-5-11-7-16-8-12(11)6-10;/h4-6,9,16H,3,7-8H2,1-2H3,(H,17,20);1H. The summed E-state index contributed by atoms with van der Waals surface area (Å²) in [6.45, 7) is 3.75. The fourth-order valence-corrected chi connectivity index (χ4v) is 2.53. The van der Waals surface area contributed by atoms with Gasteiger partial charge in [0.2, 0.25) is 0 Å². The molecule has 0 unspecified atom stereocenters. The molecule has 5 nitrogen and oxygen atoms in total. The minimum absolute atomic E-state index is 0. The number of carbonyl (C=O) groups is 1. The van der Waals surface area contributed by atoms with Gasteiger partial charge in [0.15, 0.2) is 0 Å². The second kappa shape index (κ2) is 6.28. The van der Waals surface area contributed by atoms with Crippen LogP contribution >= 0.6 is 12.4 Å². The van der Waals surface area contributed by atoms with Crippen molar-refractivity contribution in [2.24, 2.45) is 7.05 Å². The highest BCUT2D eigenvalue weighted by Gasteiger charge is 2.15. The Morgan fingerprint density at radius 1 is 1.38 bits per heavy atom. The van der Waals surface area contributed by atoms with Crippen molar-refractivity contribution in [3.05, 3.63) is 46.8 Å². The van der Waals surface area contributed by atoms with Gasteiger partial charge in [0, 0.05) is 31.9 Å². The summed E-state index contributed by atoms with van der Waals surface area (Å²) in [5.74, 6) is -0.0811. The molecule has 0 fully saturated rings. The highest BCUT2D eigenvalue weighted by molar-refractivity contribution is 6.04. The summed E-state index contributed by atoms with van der Waals surface area (Å²) >= 11 is 0. The van der Waals surface area contributed by atoms with E-state index in [0.717, 1.165) is 30.9 Å². The number of fused-ring (bicyclic) bond motifs is 1.